The second-order valence-electron chi connectivity index (χ2n) is 12.0. The van der Waals surface area contributed by atoms with E-state index in [0.717, 1.165) is 16.7 Å². The van der Waals surface area contributed by atoms with E-state index in [2.05, 4.69) is 45.9 Å². The fourth-order valence-corrected chi connectivity index (χ4v) is 7.76. The van der Waals surface area contributed by atoms with Gasteiger partial charge in [-0.3, -0.25) is 19.4 Å². The summed E-state index contributed by atoms with van der Waals surface area (Å²) >= 11 is 13.6. The highest BCUT2D eigenvalue weighted by Gasteiger charge is 2.33. The van der Waals surface area contributed by atoms with Gasteiger partial charge in [0, 0.05) is 0 Å². The molecule has 0 radical (unpaired) electrons. The molecule has 0 N–H and O–H groups in total. The van der Waals surface area contributed by atoms with Crippen LogP contribution >= 0.6 is 48.0 Å². The molecule has 44 heavy (non-hydrogen) atoms. The van der Waals surface area contributed by atoms with Crippen molar-refractivity contribution < 1.29 is 9.59 Å². The van der Waals surface area contributed by atoms with Crippen molar-refractivity contribution >= 4 is 68.4 Å². The Morgan fingerprint density at radius 3 is 1.98 bits per heavy atom. The summed E-state index contributed by atoms with van der Waals surface area (Å²) in [4.78, 5) is 30.2. The van der Waals surface area contributed by atoms with Gasteiger partial charge in [0.2, 0.25) is 0 Å². The number of hydrogen-bond acceptors (Lipinski definition) is 6. The summed E-state index contributed by atoms with van der Waals surface area (Å²) in [6.07, 6.45) is 20.0. The lowest BCUT2D eigenvalue weighted by atomic mass is 9.72. The lowest BCUT2D eigenvalue weighted by molar-refractivity contribution is -0.123. The molecule has 4 nitrogen and oxygen atoms in total. The molecule has 1 aromatic rings. The monoisotopic (exact) mass is 660 g/mol. The van der Waals surface area contributed by atoms with Crippen molar-refractivity contribution in [3.05, 3.63) is 116 Å². The lowest BCUT2D eigenvalue weighted by Crippen LogP contribution is -2.28. The Bertz CT molecular complexity index is 1570. The van der Waals surface area contributed by atoms with Crippen LogP contribution < -0.4 is 0 Å². The molecule has 0 unspecified atom stereocenters. The first-order valence-corrected chi connectivity index (χ1v) is 17.3. The molecule has 230 valence electrons. The third-order valence-corrected chi connectivity index (χ3v) is 10.9. The number of thiocarbonyl (C=S) groups is 2. The topological polar surface area (TPSA) is 40.6 Å². The standard InChI is InChI=1S/C36H40N2O2S4/c1-7-30-32(39)37(34(41)43-30)22-27-15-17-28(18-16-27)23-38-33(40)31(44-35(38)42)20-14-25(3)11-8-10-24(2)13-19-29-26(4)12-9-21-36(29,5)6/h7-8,10-11,13-20H,9,12,21-23H2,1-6H3/b11-8+,19-13+,24-10+,25-14+,30-7-,31-20-. The van der Waals surface area contributed by atoms with Crippen molar-refractivity contribution in [2.75, 3.05) is 0 Å². The summed E-state index contributed by atoms with van der Waals surface area (Å²) in [6, 6.07) is 7.88. The average molecular weight is 661 g/mol. The fourth-order valence-electron chi connectivity index (χ4n) is 5.39. The van der Waals surface area contributed by atoms with E-state index in [0.29, 0.717) is 31.5 Å². The maximum absolute atomic E-state index is 13.2. The van der Waals surface area contributed by atoms with Gasteiger partial charge in [-0.05, 0) is 75.1 Å². The van der Waals surface area contributed by atoms with Gasteiger partial charge in [0.1, 0.15) is 8.64 Å². The molecule has 2 saturated heterocycles. The molecule has 0 aromatic heterocycles. The highest BCUT2D eigenvalue weighted by atomic mass is 32.2. The Balaban J connectivity index is 1.33. The second kappa shape index (κ2) is 15.0. The zero-order chi connectivity index (χ0) is 32.0. The second-order valence-corrected chi connectivity index (χ2v) is 15.3. The Hall–Kier alpha value is -2.78. The molecule has 1 aliphatic carbocycles. The van der Waals surface area contributed by atoms with Crippen molar-refractivity contribution in [3.8, 4) is 0 Å². The molecule has 2 aliphatic heterocycles. The quantitative estimate of drug-likeness (QED) is 0.149. The Kier molecular flexibility index (Phi) is 11.6. The summed E-state index contributed by atoms with van der Waals surface area (Å²) in [5, 5.41) is 0. The van der Waals surface area contributed by atoms with E-state index in [4.69, 9.17) is 24.4 Å². The van der Waals surface area contributed by atoms with Gasteiger partial charge in [-0.15, -0.1) is 0 Å². The molecular weight excluding hydrogens is 621 g/mol. The molecule has 0 atom stereocenters. The Morgan fingerprint density at radius 1 is 0.886 bits per heavy atom. The lowest BCUT2D eigenvalue weighted by Gasteiger charge is -2.32. The van der Waals surface area contributed by atoms with Gasteiger partial charge in [0.05, 0.1) is 22.9 Å². The molecule has 1 aromatic carbocycles. The number of allylic oxidation sites excluding steroid dienone is 12. The van der Waals surface area contributed by atoms with Gasteiger partial charge in [-0.25, -0.2) is 0 Å². The van der Waals surface area contributed by atoms with Crippen LogP contribution in [-0.4, -0.2) is 30.3 Å². The first kappa shape index (κ1) is 34.1. The molecule has 0 bridgehead atoms. The van der Waals surface area contributed by atoms with Crippen LogP contribution in [0.2, 0.25) is 0 Å². The molecule has 2 heterocycles. The minimum atomic E-state index is -0.0860. The largest absolute Gasteiger partial charge is 0.288 e. The number of carbonyl (C=O) groups excluding carboxylic acids is 2. The number of rotatable bonds is 9. The predicted molar refractivity (Wildman–Crippen MR) is 196 cm³/mol. The molecule has 3 aliphatic rings. The van der Waals surface area contributed by atoms with Gasteiger partial charge in [0.15, 0.2) is 0 Å². The minimum Gasteiger partial charge on any atom is -0.288 e. The summed E-state index contributed by atoms with van der Waals surface area (Å²) < 4.78 is 1.12. The van der Waals surface area contributed by atoms with Gasteiger partial charge in [-0.1, -0.05) is 145 Å². The van der Waals surface area contributed by atoms with Gasteiger partial charge < -0.3 is 0 Å². The molecule has 0 saturated carbocycles. The van der Waals surface area contributed by atoms with Crippen LogP contribution in [0.15, 0.2) is 105 Å². The number of benzene rings is 1. The van der Waals surface area contributed by atoms with E-state index < -0.39 is 0 Å². The highest BCUT2D eigenvalue weighted by molar-refractivity contribution is 8.27. The van der Waals surface area contributed by atoms with Crippen LogP contribution in [0.3, 0.4) is 0 Å². The van der Waals surface area contributed by atoms with Crippen LogP contribution in [0.1, 0.15) is 71.9 Å². The number of nitrogens with zero attached hydrogens (tertiary/aromatic N) is 2. The van der Waals surface area contributed by atoms with Crippen molar-refractivity contribution in [2.24, 2.45) is 5.41 Å². The zero-order valence-corrected chi connectivity index (χ0v) is 29.6. The molecular formula is C36H40N2O2S4. The first-order valence-electron chi connectivity index (χ1n) is 14.8. The number of carbonyl (C=O) groups is 2. The highest BCUT2D eigenvalue weighted by Crippen LogP contribution is 2.41. The van der Waals surface area contributed by atoms with Gasteiger partial charge >= 0.3 is 0 Å². The van der Waals surface area contributed by atoms with Crippen molar-refractivity contribution in [3.63, 3.8) is 0 Å². The normalized spacial score (nSPS) is 22.0. The Morgan fingerprint density at radius 2 is 1.43 bits per heavy atom. The van der Waals surface area contributed by atoms with E-state index in [1.165, 1.54) is 59.5 Å². The molecule has 2 amide bonds. The first-order chi connectivity index (χ1) is 20.9. The molecule has 0 spiro atoms. The molecule has 2 fully saturated rings. The smallest absolute Gasteiger partial charge is 0.266 e. The predicted octanol–water partition coefficient (Wildman–Crippen LogP) is 9.73. The number of thioether (sulfide) groups is 2. The van der Waals surface area contributed by atoms with E-state index in [1.807, 2.05) is 62.4 Å². The summed E-state index contributed by atoms with van der Waals surface area (Å²) in [7, 11) is 0. The summed E-state index contributed by atoms with van der Waals surface area (Å²) in [5.41, 5.74) is 7.39. The summed E-state index contributed by atoms with van der Waals surface area (Å²) in [6.45, 7) is 13.7. The molecule has 4 rings (SSSR count). The van der Waals surface area contributed by atoms with Gasteiger partial charge in [0.25, 0.3) is 11.8 Å². The number of amides is 2. The zero-order valence-electron chi connectivity index (χ0n) is 26.3. The van der Waals surface area contributed by atoms with E-state index >= 15 is 0 Å². The number of hydrogen-bond donors (Lipinski definition) is 0. The Labute approximate surface area is 281 Å². The van der Waals surface area contributed by atoms with Crippen LogP contribution in [0.5, 0.6) is 0 Å². The van der Waals surface area contributed by atoms with Crippen LogP contribution in [0.4, 0.5) is 0 Å². The minimum absolute atomic E-state index is 0.0540. The maximum atomic E-state index is 13.2. The third-order valence-electron chi connectivity index (χ3n) is 7.98. The van der Waals surface area contributed by atoms with Crippen LogP contribution in [-0.2, 0) is 22.7 Å². The van der Waals surface area contributed by atoms with Crippen LogP contribution in [0.25, 0.3) is 0 Å². The van der Waals surface area contributed by atoms with E-state index in [9.17, 15) is 9.59 Å². The van der Waals surface area contributed by atoms with Gasteiger partial charge in [-0.2, -0.15) is 0 Å². The van der Waals surface area contributed by atoms with Crippen LogP contribution in [0, 0.1) is 5.41 Å². The van der Waals surface area contributed by atoms with Crippen molar-refractivity contribution in [1.29, 1.82) is 0 Å². The van der Waals surface area contributed by atoms with Crippen molar-refractivity contribution in [1.82, 2.24) is 9.80 Å². The van der Waals surface area contributed by atoms with E-state index in [-0.39, 0.29) is 17.2 Å². The third kappa shape index (κ3) is 8.47. The van der Waals surface area contributed by atoms with E-state index in [1.54, 1.807) is 15.9 Å². The SMILES string of the molecule is C/C=C1\SC(=S)N(Cc2ccc(CN3C(=O)/C(=C/C=C(C)/C=C/C=C(C)/C=C/C4=C(C)CCCC4(C)C)SC3=S)cc2)C1=O. The van der Waals surface area contributed by atoms with Crippen molar-refractivity contribution in [2.45, 2.75) is 73.9 Å². The fraction of sp³-hybridized carbons (Fsp3) is 0.333. The molecule has 8 heteroatoms. The average Bonchev–Trinajstić information content (AvgIpc) is 3.40. The maximum Gasteiger partial charge on any atom is 0.266 e. The summed E-state index contributed by atoms with van der Waals surface area (Å²) in [5.74, 6) is -0.140.